The van der Waals surface area contributed by atoms with Gasteiger partial charge in [0.1, 0.15) is 16.8 Å². The molecule has 1 fully saturated rings. The summed E-state index contributed by atoms with van der Waals surface area (Å²) in [7, 11) is 3.46. The number of hydrogen-bond acceptors (Lipinski definition) is 6. The Morgan fingerprint density at radius 2 is 2.03 bits per heavy atom. The molecule has 4 rings (SSSR count). The van der Waals surface area contributed by atoms with Crippen molar-refractivity contribution >= 4 is 34.6 Å². The summed E-state index contributed by atoms with van der Waals surface area (Å²) in [6, 6.07) is 13.8. The van der Waals surface area contributed by atoms with E-state index in [4.69, 9.17) is 4.74 Å². The van der Waals surface area contributed by atoms with Gasteiger partial charge in [0.2, 0.25) is 11.8 Å². The van der Waals surface area contributed by atoms with Crippen LogP contribution in [0.5, 0.6) is 5.75 Å². The lowest BCUT2D eigenvalue weighted by Crippen LogP contribution is -2.44. The van der Waals surface area contributed by atoms with Crippen LogP contribution in [0, 0.1) is 0 Å². The number of aromatic nitrogens is 2. The van der Waals surface area contributed by atoms with Crippen molar-refractivity contribution in [2.45, 2.75) is 44.2 Å². The Bertz CT molecular complexity index is 1100. The molecule has 0 saturated carbocycles. The van der Waals surface area contributed by atoms with Gasteiger partial charge in [0.05, 0.1) is 18.8 Å². The van der Waals surface area contributed by atoms with Crippen molar-refractivity contribution in [3.63, 3.8) is 0 Å². The number of rotatable bonds is 8. The Hall–Kier alpha value is -3.00. The van der Waals surface area contributed by atoms with Crippen molar-refractivity contribution in [1.82, 2.24) is 19.0 Å². The highest BCUT2D eigenvalue weighted by Crippen LogP contribution is 2.31. The van der Waals surface area contributed by atoms with E-state index in [9.17, 15) is 9.59 Å². The van der Waals surface area contributed by atoms with E-state index < -0.39 is 5.54 Å². The minimum atomic E-state index is -0.398. The largest absolute Gasteiger partial charge is 0.497 e. The van der Waals surface area contributed by atoms with Gasteiger partial charge in [-0.1, -0.05) is 18.2 Å². The van der Waals surface area contributed by atoms with Gasteiger partial charge in [-0.05, 0) is 54.7 Å². The number of benzene rings is 2. The second-order valence-electron chi connectivity index (χ2n) is 8.19. The summed E-state index contributed by atoms with van der Waals surface area (Å²) >= 11 is 1.19. The molecular weight excluding hydrogens is 412 g/mol. The molecule has 1 aromatic heterocycles. The third-order valence-corrected chi connectivity index (χ3v) is 6.45. The smallest absolute Gasteiger partial charge is 0.222 e. The molecule has 7 nitrogen and oxygen atoms in total. The zero-order valence-corrected chi connectivity index (χ0v) is 18.6. The molecule has 1 aliphatic rings. The minimum absolute atomic E-state index is 0.0499. The molecule has 0 unspecified atom stereocenters. The molecule has 2 aromatic carbocycles. The number of hydrogen-bond donors (Lipinski definition) is 1. The molecule has 31 heavy (non-hydrogen) atoms. The quantitative estimate of drug-likeness (QED) is 0.583. The molecule has 0 spiro atoms. The van der Waals surface area contributed by atoms with Gasteiger partial charge in [0.15, 0.2) is 0 Å². The molecule has 0 bridgehead atoms. The average molecular weight is 439 g/mol. The number of nitrogens with zero attached hydrogens (tertiary/aromatic N) is 3. The number of methoxy groups -OCH3 is 1. The number of nitrogens with one attached hydrogen (secondary N) is 1. The molecule has 1 aliphatic heterocycles. The van der Waals surface area contributed by atoms with Gasteiger partial charge in [0, 0.05) is 32.0 Å². The van der Waals surface area contributed by atoms with Crippen molar-refractivity contribution in [2.24, 2.45) is 0 Å². The lowest BCUT2D eigenvalue weighted by molar-refractivity contribution is -0.131. The van der Waals surface area contributed by atoms with E-state index in [1.807, 2.05) is 49.5 Å². The average Bonchev–Trinajstić information content (AvgIpc) is 3.38. The molecule has 0 aliphatic carbocycles. The first-order valence-corrected chi connectivity index (χ1v) is 11.1. The van der Waals surface area contributed by atoms with Crippen LogP contribution in [0.15, 0.2) is 42.5 Å². The second kappa shape index (κ2) is 9.01. The molecule has 2 amide bonds. The first kappa shape index (κ1) is 21.2. The Balaban J connectivity index is 1.40. The first-order valence-electron chi connectivity index (χ1n) is 10.4. The van der Waals surface area contributed by atoms with Crippen molar-refractivity contribution in [1.29, 1.82) is 0 Å². The summed E-state index contributed by atoms with van der Waals surface area (Å²) in [6.07, 6.45) is 2.89. The molecule has 8 heteroatoms. The van der Waals surface area contributed by atoms with Gasteiger partial charge < -0.3 is 15.0 Å². The summed E-state index contributed by atoms with van der Waals surface area (Å²) in [5.74, 6) is 0.900. The molecule has 1 atom stereocenters. The van der Waals surface area contributed by atoms with Crippen LogP contribution in [0.4, 0.5) is 0 Å². The standard InChI is InChI=1S/C23H26N4O3S/c1-27(15-17-6-7-19-20(13-17)26-31-25-19)22(29)9-11-23(10-8-21(28)24-23)14-16-4-3-5-18(12-16)30-2/h3-7,12-13H,8-11,14-15H2,1-2H3,(H,24,28)/t23-/m0/s1. The van der Waals surface area contributed by atoms with Crippen molar-refractivity contribution in [2.75, 3.05) is 14.2 Å². The molecule has 162 valence electrons. The van der Waals surface area contributed by atoms with Gasteiger partial charge in [-0.25, -0.2) is 0 Å². The van der Waals surface area contributed by atoms with E-state index in [0.29, 0.717) is 32.2 Å². The number of ether oxygens (including phenoxy) is 1. The lowest BCUT2D eigenvalue weighted by atomic mass is 9.85. The van der Waals surface area contributed by atoms with Gasteiger partial charge in [0.25, 0.3) is 0 Å². The fraction of sp³-hybridized carbons (Fsp3) is 0.391. The Labute approximate surface area is 185 Å². The summed E-state index contributed by atoms with van der Waals surface area (Å²) < 4.78 is 13.8. The van der Waals surface area contributed by atoms with Crippen LogP contribution < -0.4 is 10.1 Å². The van der Waals surface area contributed by atoms with Crippen molar-refractivity contribution in [3.8, 4) is 5.75 Å². The highest BCUT2D eigenvalue weighted by atomic mass is 32.1. The fourth-order valence-corrected chi connectivity index (χ4v) is 4.70. The predicted octanol–water partition coefficient (Wildman–Crippen LogP) is 3.33. The van der Waals surface area contributed by atoms with E-state index in [2.05, 4.69) is 14.1 Å². The first-order chi connectivity index (χ1) is 15.0. The van der Waals surface area contributed by atoms with E-state index >= 15 is 0 Å². The van der Waals surface area contributed by atoms with E-state index in [-0.39, 0.29) is 11.8 Å². The Morgan fingerprint density at radius 3 is 2.81 bits per heavy atom. The maximum Gasteiger partial charge on any atom is 0.222 e. The zero-order chi connectivity index (χ0) is 21.8. The molecular formula is C23H26N4O3S. The van der Waals surface area contributed by atoms with Crippen molar-refractivity contribution < 1.29 is 14.3 Å². The molecule has 2 heterocycles. The number of carbonyl (C=O) groups excluding carboxylic acids is 2. The summed E-state index contributed by atoms with van der Waals surface area (Å²) in [6.45, 7) is 0.515. The molecule has 0 radical (unpaired) electrons. The SMILES string of the molecule is COc1cccc(C[C@@]2(CCC(=O)N(C)Cc3ccc4nsnc4c3)CCC(=O)N2)c1. The van der Waals surface area contributed by atoms with E-state index in [1.54, 1.807) is 12.0 Å². The monoisotopic (exact) mass is 438 g/mol. The molecule has 3 aromatic rings. The van der Waals surface area contributed by atoms with Crippen LogP contribution in [0.2, 0.25) is 0 Å². The van der Waals surface area contributed by atoms with E-state index in [1.165, 1.54) is 11.7 Å². The fourth-order valence-electron chi connectivity index (χ4n) is 4.18. The number of amides is 2. The molecule has 1 saturated heterocycles. The summed E-state index contributed by atoms with van der Waals surface area (Å²) in [5.41, 5.74) is 3.45. The van der Waals surface area contributed by atoms with Gasteiger partial charge in [-0.3, -0.25) is 9.59 Å². The van der Waals surface area contributed by atoms with Crippen LogP contribution in [0.1, 0.15) is 36.8 Å². The third-order valence-electron chi connectivity index (χ3n) is 5.89. The Kier molecular flexibility index (Phi) is 6.18. The predicted molar refractivity (Wildman–Crippen MR) is 120 cm³/mol. The number of fused-ring (bicyclic) bond motifs is 1. The lowest BCUT2D eigenvalue weighted by Gasteiger charge is -2.30. The molecule has 1 N–H and O–H groups in total. The normalized spacial score (nSPS) is 18.2. The summed E-state index contributed by atoms with van der Waals surface area (Å²) in [5, 5.41) is 3.15. The van der Waals surface area contributed by atoms with Crippen molar-refractivity contribution in [3.05, 3.63) is 53.6 Å². The maximum absolute atomic E-state index is 12.9. The van der Waals surface area contributed by atoms with E-state index in [0.717, 1.165) is 34.3 Å². The second-order valence-corrected chi connectivity index (χ2v) is 8.72. The van der Waals surface area contributed by atoms with Crippen LogP contribution in [-0.2, 0) is 22.6 Å². The summed E-state index contributed by atoms with van der Waals surface area (Å²) in [4.78, 5) is 26.6. The highest BCUT2D eigenvalue weighted by molar-refractivity contribution is 7.00. The third kappa shape index (κ3) is 5.02. The van der Waals surface area contributed by atoms with Gasteiger partial charge >= 0.3 is 0 Å². The topological polar surface area (TPSA) is 84.4 Å². The Morgan fingerprint density at radius 1 is 1.19 bits per heavy atom. The van der Waals surface area contributed by atoms with Crippen LogP contribution >= 0.6 is 11.7 Å². The maximum atomic E-state index is 12.9. The van der Waals surface area contributed by atoms with Gasteiger partial charge in [-0.2, -0.15) is 8.75 Å². The van der Waals surface area contributed by atoms with Crippen LogP contribution in [0.25, 0.3) is 11.0 Å². The van der Waals surface area contributed by atoms with Crippen LogP contribution in [-0.4, -0.2) is 45.2 Å². The van der Waals surface area contributed by atoms with Crippen LogP contribution in [0.3, 0.4) is 0 Å². The minimum Gasteiger partial charge on any atom is -0.497 e. The zero-order valence-electron chi connectivity index (χ0n) is 17.8. The highest BCUT2D eigenvalue weighted by Gasteiger charge is 2.38. The number of carbonyl (C=O) groups is 2. The van der Waals surface area contributed by atoms with Gasteiger partial charge in [-0.15, -0.1) is 0 Å².